The lowest BCUT2D eigenvalue weighted by atomic mass is 10.2. The van der Waals surface area contributed by atoms with E-state index in [2.05, 4.69) is 5.32 Å². The molecule has 1 N–H and O–H groups in total. The zero-order chi connectivity index (χ0) is 20.7. The molecule has 0 bridgehead atoms. The molecule has 0 spiro atoms. The first-order chi connectivity index (χ1) is 13.4. The van der Waals surface area contributed by atoms with Crippen molar-refractivity contribution in [2.45, 2.75) is 6.54 Å². The number of hydrogen-bond acceptors (Lipinski definition) is 5. The Balaban J connectivity index is 1.95. The van der Waals surface area contributed by atoms with Crippen molar-refractivity contribution in [3.05, 3.63) is 53.3 Å². The molecule has 2 amide bonds. The molecule has 2 aromatic carbocycles. The first-order valence-corrected chi connectivity index (χ1v) is 8.45. The Bertz CT molecular complexity index is 834. The predicted molar refractivity (Wildman–Crippen MR) is 101 cm³/mol. The highest BCUT2D eigenvalue weighted by Gasteiger charge is 2.14. The Morgan fingerprint density at radius 3 is 2.18 bits per heavy atom. The van der Waals surface area contributed by atoms with Gasteiger partial charge >= 0.3 is 0 Å². The maximum absolute atomic E-state index is 13.8. The lowest BCUT2D eigenvalue weighted by molar-refractivity contribution is -0.129. The van der Waals surface area contributed by atoms with Crippen LogP contribution in [-0.2, 0) is 11.3 Å². The van der Waals surface area contributed by atoms with E-state index in [0.717, 1.165) is 0 Å². The summed E-state index contributed by atoms with van der Waals surface area (Å²) in [5.74, 6) is -0.183. The minimum absolute atomic E-state index is 0.138. The van der Waals surface area contributed by atoms with Gasteiger partial charge in [-0.05, 0) is 29.8 Å². The van der Waals surface area contributed by atoms with Crippen LogP contribution < -0.4 is 19.5 Å². The fourth-order valence-electron chi connectivity index (χ4n) is 2.50. The van der Waals surface area contributed by atoms with Crippen LogP contribution in [0.4, 0.5) is 4.39 Å². The number of ether oxygens (including phenoxy) is 3. The molecule has 0 aliphatic heterocycles. The van der Waals surface area contributed by atoms with Crippen LogP contribution in [0.5, 0.6) is 17.2 Å². The summed E-state index contributed by atoms with van der Waals surface area (Å²) in [7, 11) is 5.92. The summed E-state index contributed by atoms with van der Waals surface area (Å²) in [6.07, 6.45) is 0. The molecule has 0 aliphatic rings. The molecule has 7 nitrogen and oxygen atoms in total. The molecule has 150 valence electrons. The number of likely N-dealkylation sites (N-methyl/N-ethyl adjacent to an activating group) is 1. The third kappa shape index (κ3) is 5.35. The molecule has 0 atom stereocenters. The molecule has 0 unspecified atom stereocenters. The van der Waals surface area contributed by atoms with Gasteiger partial charge in [-0.25, -0.2) is 4.39 Å². The summed E-state index contributed by atoms with van der Waals surface area (Å²) in [6, 6.07) is 9.22. The third-order valence-corrected chi connectivity index (χ3v) is 4.08. The summed E-state index contributed by atoms with van der Waals surface area (Å²) in [4.78, 5) is 26.0. The van der Waals surface area contributed by atoms with Crippen molar-refractivity contribution in [2.75, 3.05) is 34.9 Å². The molecular formula is C20H23FN2O5. The largest absolute Gasteiger partial charge is 0.497 e. The van der Waals surface area contributed by atoms with E-state index >= 15 is 0 Å². The molecule has 8 heteroatoms. The molecule has 0 saturated heterocycles. The molecule has 0 fully saturated rings. The van der Waals surface area contributed by atoms with Gasteiger partial charge in [-0.1, -0.05) is 6.07 Å². The van der Waals surface area contributed by atoms with E-state index in [1.165, 1.54) is 38.4 Å². The Kier molecular flexibility index (Phi) is 7.20. The molecule has 2 rings (SSSR count). The fourth-order valence-corrected chi connectivity index (χ4v) is 2.50. The van der Waals surface area contributed by atoms with Gasteiger partial charge in [0.15, 0.2) is 11.6 Å². The Morgan fingerprint density at radius 2 is 1.64 bits per heavy atom. The standard InChI is InChI=1S/C20H23FN2O5/c1-23(12-13-5-6-18(28-4)17(21)7-13)19(24)11-22-20(25)14-8-15(26-2)10-16(9-14)27-3/h5-10H,11-12H2,1-4H3,(H,22,25). The SMILES string of the molecule is COc1cc(OC)cc(C(=O)NCC(=O)N(C)Cc2ccc(OC)c(F)c2)c1. The average molecular weight is 390 g/mol. The number of nitrogens with zero attached hydrogens (tertiary/aromatic N) is 1. The fraction of sp³-hybridized carbons (Fsp3) is 0.300. The van der Waals surface area contributed by atoms with Gasteiger partial charge in [0.25, 0.3) is 5.91 Å². The number of methoxy groups -OCH3 is 3. The van der Waals surface area contributed by atoms with Crippen LogP contribution in [0.25, 0.3) is 0 Å². The van der Waals surface area contributed by atoms with Gasteiger partial charge in [-0.3, -0.25) is 9.59 Å². The second-order valence-corrected chi connectivity index (χ2v) is 6.00. The molecule has 0 saturated carbocycles. The second kappa shape index (κ2) is 9.59. The van der Waals surface area contributed by atoms with Crippen LogP contribution in [0.2, 0.25) is 0 Å². The van der Waals surface area contributed by atoms with Crippen molar-refractivity contribution in [2.24, 2.45) is 0 Å². The molecule has 28 heavy (non-hydrogen) atoms. The van der Waals surface area contributed by atoms with Crippen molar-refractivity contribution in [3.63, 3.8) is 0 Å². The van der Waals surface area contributed by atoms with Crippen LogP contribution in [0.15, 0.2) is 36.4 Å². The van der Waals surface area contributed by atoms with E-state index in [1.54, 1.807) is 31.3 Å². The molecule has 0 aromatic heterocycles. The lowest BCUT2D eigenvalue weighted by Crippen LogP contribution is -2.37. The van der Waals surface area contributed by atoms with Crippen LogP contribution in [0.3, 0.4) is 0 Å². The second-order valence-electron chi connectivity index (χ2n) is 6.00. The van der Waals surface area contributed by atoms with Crippen LogP contribution >= 0.6 is 0 Å². The molecule has 0 aliphatic carbocycles. The minimum Gasteiger partial charge on any atom is -0.497 e. The van der Waals surface area contributed by atoms with Gasteiger partial charge in [-0.2, -0.15) is 0 Å². The first-order valence-electron chi connectivity index (χ1n) is 8.45. The maximum Gasteiger partial charge on any atom is 0.251 e. The quantitative estimate of drug-likeness (QED) is 0.748. The van der Waals surface area contributed by atoms with E-state index in [9.17, 15) is 14.0 Å². The van der Waals surface area contributed by atoms with E-state index in [4.69, 9.17) is 14.2 Å². The zero-order valence-electron chi connectivity index (χ0n) is 16.2. The number of benzene rings is 2. The number of carbonyl (C=O) groups is 2. The van der Waals surface area contributed by atoms with E-state index < -0.39 is 11.7 Å². The van der Waals surface area contributed by atoms with Gasteiger partial charge in [0.1, 0.15) is 11.5 Å². The Hall–Kier alpha value is -3.29. The van der Waals surface area contributed by atoms with Gasteiger partial charge in [0.2, 0.25) is 5.91 Å². The molecule has 0 heterocycles. The van der Waals surface area contributed by atoms with Crippen molar-refractivity contribution in [1.29, 1.82) is 0 Å². The number of hydrogen-bond donors (Lipinski definition) is 1. The number of rotatable bonds is 8. The van der Waals surface area contributed by atoms with Gasteiger partial charge < -0.3 is 24.4 Å². The average Bonchev–Trinajstić information content (AvgIpc) is 2.71. The van der Waals surface area contributed by atoms with E-state index in [-0.39, 0.29) is 24.7 Å². The number of amides is 2. The first kappa shape index (κ1) is 21.0. The third-order valence-electron chi connectivity index (χ3n) is 4.08. The number of carbonyl (C=O) groups excluding carboxylic acids is 2. The van der Waals surface area contributed by atoms with Crippen molar-refractivity contribution in [1.82, 2.24) is 10.2 Å². The summed E-state index contributed by atoms with van der Waals surface area (Å²) in [5.41, 5.74) is 0.918. The zero-order valence-corrected chi connectivity index (χ0v) is 16.2. The molecule has 0 radical (unpaired) electrons. The normalized spacial score (nSPS) is 10.2. The van der Waals surface area contributed by atoms with Crippen LogP contribution in [0.1, 0.15) is 15.9 Å². The smallest absolute Gasteiger partial charge is 0.251 e. The van der Waals surface area contributed by atoms with E-state index in [1.807, 2.05) is 0 Å². The summed E-state index contributed by atoms with van der Waals surface area (Å²) >= 11 is 0. The summed E-state index contributed by atoms with van der Waals surface area (Å²) in [5, 5.41) is 2.56. The Labute approximate surface area is 163 Å². The van der Waals surface area contributed by atoms with Gasteiger partial charge in [0.05, 0.1) is 27.9 Å². The summed E-state index contributed by atoms with van der Waals surface area (Å²) in [6.45, 7) is -0.00387. The van der Waals surface area contributed by atoms with Crippen molar-refractivity contribution in [3.8, 4) is 17.2 Å². The highest BCUT2D eigenvalue weighted by Crippen LogP contribution is 2.22. The molecule has 2 aromatic rings. The van der Waals surface area contributed by atoms with Crippen LogP contribution in [0, 0.1) is 5.82 Å². The summed E-state index contributed by atoms with van der Waals surface area (Å²) < 4.78 is 28.9. The van der Waals surface area contributed by atoms with E-state index in [0.29, 0.717) is 22.6 Å². The number of halogens is 1. The van der Waals surface area contributed by atoms with Gasteiger partial charge in [0, 0.05) is 25.2 Å². The topological polar surface area (TPSA) is 77.1 Å². The lowest BCUT2D eigenvalue weighted by Gasteiger charge is -2.18. The van der Waals surface area contributed by atoms with Crippen molar-refractivity contribution >= 4 is 11.8 Å². The monoisotopic (exact) mass is 390 g/mol. The van der Waals surface area contributed by atoms with Gasteiger partial charge in [-0.15, -0.1) is 0 Å². The highest BCUT2D eigenvalue weighted by molar-refractivity contribution is 5.97. The van der Waals surface area contributed by atoms with Crippen LogP contribution in [-0.4, -0.2) is 51.6 Å². The molecular weight excluding hydrogens is 367 g/mol. The Morgan fingerprint density at radius 1 is 1.00 bits per heavy atom. The minimum atomic E-state index is -0.499. The highest BCUT2D eigenvalue weighted by atomic mass is 19.1. The number of nitrogens with one attached hydrogen (secondary N) is 1. The predicted octanol–water partition coefficient (Wildman–Crippen LogP) is 2.24. The van der Waals surface area contributed by atoms with Crippen molar-refractivity contribution < 1.29 is 28.2 Å². The maximum atomic E-state index is 13.8.